The zero-order valence-corrected chi connectivity index (χ0v) is 8.31. The summed E-state index contributed by atoms with van der Waals surface area (Å²) in [7, 11) is 0. The first-order chi connectivity index (χ1) is 5.39. The van der Waals surface area contributed by atoms with Crippen LogP contribution >= 0.6 is 0 Å². The first kappa shape index (κ1) is 11.2. The Kier molecular flexibility index (Phi) is 4.01. The minimum atomic E-state index is -1.07. The standard InChI is InChI=1S/C10H18O2/c1-5-6-10(3,4)7-8(2)9(11)12/h7H,5-6H2,1-4H3,(H,11,12)/p-1/b8-7+. The van der Waals surface area contributed by atoms with E-state index in [4.69, 9.17) is 0 Å². The van der Waals surface area contributed by atoms with E-state index < -0.39 is 5.97 Å². The van der Waals surface area contributed by atoms with Gasteiger partial charge in [-0.2, -0.15) is 0 Å². The van der Waals surface area contributed by atoms with Crippen molar-refractivity contribution in [1.82, 2.24) is 0 Å². The number of carboxylic acid groups (broad SMARTS) is 1. The SMILES string of the molecule is CCCC(C)(C)/C=C(\C)C(=O)[O-]. The lowest BCUT2D eigenvalue weighted by atomic mass is 9.86. The Morgan fingerprint density at radius 1 is 1.50 bits per heavy atom. The van der Waals surface area contributed by atoms with Crippen molar-refractivity contribution < 1.29 is 9.90 Å². The fourth-order valence-electron chi connectivity index (χ4n) is 1.36. The Morgan fingerprint density at radius 3 is 2.33 bits per heavy atom. The van der Waals surface area contributed by atoms with Crippen molar-refractivity contribution in [3.8, 4) is 0 Å². The van der Waals surface area contributed by atoms with Gasteiger partial charge in [-0.25, -0.2) is 0 Å². The highest BCUT2D eigenvalue weighted by molar-refractivity contribution is 5.83. The van der Waals surface area contributed by atoms with Crippen LogP contribution in [0.3, 0.4) is 0 Å². The van der Waals surface area contributed by atoms with Gasteiger partial charge in [-0.05, 0) is 24.3 Å². The van der Waals surface area contributed by atoms with Crippen molar-refractivity contribution in [3.05, 3.63) is 11.6 Å². The highest BCUT2D eigenvalue weighted by atomic mass is 16.4. The number of carbonyl (C=O) groups excluding carboxylic acids is 1. The van der Waals surface area contributed by atoms with Crippen LogP contribution in [0.5, 0.6) is 0 Å². The summed E-state index contributed by atoms with van der Waals surface area (Å²) in [5.41, 5.74) is 0.298. The Balaban J connectivity index is 4.38. The Bertz CT molecular complexity index is 190. The topological polar surface area (TPSA) is 40.1 Å². The van der Waals surface area contributed by atoms with Gasteiger partial charge in [0.25, 0.3) is 0 Å². The van der Waals surface area contributed by atoms with Crippen molar-refractivity contribution in [2.24, 2.45) is 5.41 Å². The van der Waals surface area contributed by atoms with Crippen molar-refractivity contribution >= 4 is 5.97 Å². The molecular weight excluding hydrogens is 152 g/mol. The van der Waals surface area contributed by atoms with Crippen LogP contribution in [0.2, 0.25) is 0 Å². The molecule has 0 radical (unpaired) electrons. The number of hydrogen-bond acceptors (Lipinski definition) is 2. The van der Waals surface area contributed by atoms with Crippen molar-refractivity contribution in [3.63, 3.8) is 0 Å². The average molecular weight is 169 g/mol. The summed E-state index contributed by atoms with van der Waals surface area (Å²) in [5.74, 6) is -1.07. The molecule has 0 bridgehead atoms. The van der Waals surface area contributed by atoms with E-state index in [2.05, 4.69) is 6.92 Å². The highest BCUT2D eigenvalue weighted by Crippen LogP contribution is 2.25. The van der Waals surface area contributed by atoms with Crippen LogP contribution in [-0.4, -0.2) is 5.97 Å². The number of rotatable bonds is 4. The van der Waals surface area contributed by atoms with Crippen LogP contribution in [0.15, 0.2) is 11.6 Å². The third-order valence-electron chi connectivity index (χ3n) is 1.82. The zero-order valence-electron chi connectivity index (χ0n) is 8.31. The van der Waals surface area contributed by atoms with Gasteiger partial charge in [0, 0.05) is 0 Å². The fraction of sp³-hybridized carbons (Fsp3) is 0.700. The van der Waals surface area contributed by atoms with E-state index in [1.54, 1.807) is 13.0 Å². The number of hydrogen-bond donors (Lipinski definition) is 0. The quantitative estimate of drug-likeness (QED) is 0.598. The smallest absolute Gasteiger partial charge is 0.0669 e. The monoisotopic (exact) mass is 169 g/mol. The molecule has 0 aliphatic rings. The molecule has 2 heteroatoms. The third kappa shape index (κ3) is 4.16. The van der Waals surface area contributed by atoms with Gasteiger partial charge < -0.3 is 9.90 Å². The molecule has 0 unspecified atom stereocenters. The third-order valence-corrected chi connectivity index (χ3v) is 1.82. The summed E-state index contributed by atoms with van der Waals surface area (Å²) in [6, 6.07) is 0. The predicted molar refractivity (Wildman–Crippen MR) is 47.5 cm³/mol. The van der Waals surface area contributed by atoms with E-state index in [-0.39, 0.29) is 5.41 Å². The molecule has 0 aliphatic heterocycles. The van der Waals surface area contributed by atoms with Gasteiger partial charge in [0.05, 0.1) is 5.97 Å². The molecule has 0 amide bonds. The first-order valence-electron chi connectivity index (χ1n) is 4.30. The molecule has 70 valence electrons. The number of carboxylic acids is 1. The molecule has 0 aromatic heterocycles. The Hall–Kier alpha value is -0.790. The van der Waals surface area contributed by atoms with Crippen molar-refractivity contribution in [2.75, 3.05) is 0 Å². The van der Waals surface area contributed by atoms with E-state index in [9.17, 15) is 9.90 Å². The average Bonchev–Trinajstić information content (AvgIpc) is 1.85. The second kappa shape index (κ2) is 4.29. The molecule has 0 saturated carbocycles. The lowest BCUT2D eigenvalue weighted by molar-refractivity contribution is -0.299. The largest absolute Gasteiger partial charge is 0.545 e. The van der Waals surface area contributed by atoms with Gasteiger partial charge in [0.2, 0.25) is 0 Å². The predicted octanol–water partition coefficient (Wildman–Crippen LogP) is 1.51. The lowest BCUT2D eigenvalue weighted by Gasteiger charge is -2.20. The second-order valence-corrected chi connectivity index (χ2v) is 3.85. The molecule has 0 N–H and O–H groups in total. The van der Waals surface area contributed by atoms with Crippen LogP contribution < -0.4 is 5.11 Å². The maximum atomic E-state index is 10.4. The maximum absolute atomic E-state index is 10.4. The summed E-state index contributed by atoms with van der Waals surface area (Å²) in [5, 5.41) is 10.4. The Morgan fingerprint density at radius 2 is 2.00 bits per heavy atom. The minimum Gasteiger partial charge on any atom is -0.545 e. The molecule has 2 nitrogen and oxygen atoms in total. The van der Waals surface area contributed by atoms with Gasteiger partial charge >= 0.3 is 0 Å². The summed E-state index contributed by atoms with van der Waals surface area (Å²) >= 11 is 0. The van der Waals surface area contributed by atoms with E-state index in [0.29, 0.717) is 5.57 Å². The molecule has 0 atom stereocenters. The maximum Gasteiger partial charge on any atom is 0.0669 e. The second-order valence-electron chi connectivity index (χ2n) is 3.85. The van der Waals surface area contributed by atoms with E-state index in [1.807, 2.05) is 13.8 Å². The summed E-state index contributed by atoms with van der Waals surface area (Å²) in [4.78, 5) is 10.4. The van der Waals surface area contributed by atoms with Crippen molar-refractivity contribution in [1.29, 1.82) is 0 Å². The lowest BCUT2D eigenvalue weighted by Crippen LogP contribution is -2.24. The molecule has 0 fully saturated rings. The molecule has 0 spiro atoms. The van der Waals surface area contributed by atoms with E-state index in [0.717, 1.165) is 12.8 Å². The molecule has 0 aromatic carbocycles. The van der Waals surface area contributed by atoms with Crippen LogP contribution in [0, 0.1) is 5.41 Å². The van der Waals surface area contributed by atoms with Crippen LogP contribution in [0.1, 0.15) is 40.5 Å². The van der Waals surface area contributed by atoms with Gasteiger partial charge in [0.15, 0.2) is 0 Å². The number of allylic oxidation sites excluding steroid dienone is 1. The van der Waals surface area contributed by atoms with Gasteiger partial charge in [-0.3, -0.25) is 0 Å². The minimum absolute atomic E-state index is 0.0289. The molecule has 0 heterocycles. The molecule has 0 saturated heterocycles. The normalized spacial score (nSPS) is 13.2. The van der Waals surface area contributed by atoms with E-state index >= 15 is 0 Å². The number of aliphatic carboxylic acids is 1. The van der Waals surface area contributed by atoms with E-state index in [1.165, 1.54) is 0 Å². The summed E-state index contributed by atoms with van der Waals surface area (Å²) in [6.07, 6.45) is 3.83. The Labute approximate surface area is 74.3 Å². The van der Waals surface area contributed by atoms with Crippen LogP contribution in [0.25, 0.3) is 0 Å². The zero-order chi connectivity index (χ0) is 9.78. The van der Waals surface area contributed by atoms with Gasteiger partial charge in [-0.1, -0.05) is 33.3 Å². The van der Waals surface area contributed by atoms with Crippen LogP contribution in [0.4, 0.5) is 0 Å². The van der Waals surface area contributed by atoms with Gasteiger partial charge in [-0.15, -0.1) is 0 Å². The highest BCUT2D eigenvalue weighted by Gasteiger charge is 2.13. The first-order valence-corrected chi connectivity index (χ1v) is 4.30. The fourth-order valence-corrected chi connectivity index (χ4v) is 1.36. The summed E-state index contributed by atoms with van der Waals surface area (Å²) in [6.45, 7) is 7.72. The van der Waals surface area contributed by atoms with Crippen LogP contribution in [-0.2, 0) is 4.79 Å². The van der Waals surface area contributed by atoms with Crippen molar-refractivity contribution in [2.45, 2.75) is 40.5 Å². The molecular formula is C10H17O2-. The van der Waals surface area contributed by atoms with Gasteiger partial charge in [0.1, 0.15) is 0 Å². The molecule has 0 aromatic rings. The molecule has 0 aliphatic carbocycles. The number of carbonyl (C=O) groups is 1. The molecule has 12 heavy (non-hydrogen) atoms. The molecule has 0 rings (SSSR count). The summed E-state index contributed by atoms with van der Waals surface area (Å²) < 4.78 is 0.